The quantitative estimate of drug-likeness (QED) is 0.670. The first-order chi connectivity index (χ1) is 14.5. The van der Waals surface area contributed by atoms with Crippen LogP contribution in [0.5, 0.6) is 5.88 Å². The number of aromatic nitrogens is 3. The third kappa shape index (κ3) is 3.87. The van der Waals surface area contributed by atoms with Gasteiger partial charge in [0.25, 0.3) is 0 Å². The van der Waals surface area contributed by atoms with Crippen LogP contribution in [0.25, 0.3) is 4.96 Å². The first-order valence-electron chi connectivity index (χ1n) is 10.3. The topological polar surface area (TPSA) is 83.2 Å². The summed E-state index contributed by atoms with van der Waals surface area (Å²) in [5.74, 6) is 0.860. The fraction of sp³-hybridized carbons (Fsp3) is 0.476. The maximum absolute atomic E-state index is 12.1. The van der Waals surface area contributed by atoms with Gasteiger partial charge >= 0.3 is 6.09 Å². The number of nitrogens with zero attached hydrogens (tertiary/aromatic N) is 5. The summed E-state index contributed by atoms with van der Waals surface area (Å²) in [7, 11) is 0. The zero-order valence-electron chi connectivity index (χ0n) is 17.5. The molecular formula is C21H27N5O3S. The Morgan fingerprint density at radius 2 is 1.90 bits per heavy atom. The Bertz CT molecular complexity index is 1020. The summed E-state index contributed by atoms with van der Waals surface area (Å²) in [5.41, 5.74) is 2.28. The molecule has 3 aromatic rings. The molecule has 0 aliphatic carbocycles. The van der Waals surface area contributed by atoms with Crippen molar-refractivity contribution < 1.29 is 14.6 Å². The van der Waals surface area contributed by atoms with Gasteiger partial charge in [0.1, 0.15) is 0 Å². The molecule has 0 spiro atoms. The van der Waals surface area contributed by atoms with Crippen LogP contribution in [-0.4, -0.2) is 68.4 Å². The van der Waals surface area contributed by atoms with Crippen LogP contribution in [0.3, 0.4) is 0 Å². The van der Waals surface area contributed by atoms with Crippen molar-refractivity contribution in [2.75, 3.05) is 32.8 Å². The molecule has 1 amide bonds. The van der Waals surface area contributed by atoms with Crippen LogP contribution in [-0.2, 0) is 11.2 Å². The number of hydrogen-bond donors (Lipinski definition) is 1. The monoisotopic (exact) mass is 429 g/mol. The minimum atomic E-state index is -0.266. The minimum absolute atomic E-state index is 0.131. The maximum atomic E-state index is 12.1. The van der Waals surface area contributed by atoms with Gasteiger partial charge in [-0.2, -0.15) is 4.52 Å². The lowest BCUT2D eigenvalue weighted by molar-refractivity contribution is 0.0715. The number of amides is 1. The standard InChI is InChI=1S/C21H27N5O3S/c1-4-16-22-20-26(23-16)19(27)18(30-20)17(15-8-6-14(3)7-9-15)24-10-12-25(13-11-24)21(28)29-5-2/h6-9,17,27H,4-5,10-13H2,1-3H3/t17-/m1/s1. The Kier molecular flexibility index (Phi) is 5.92. The van der Waals surface area contributed by atoms with Crippen molar-refractivity contribution in [3.63, 3.8) is 0 Å². The van der Waals surface area contributed by atoms with Crippen molar-refractivity contribution in [3.8, 4) is 5.88 Å². The molecule has 0 saturated carbocycles. The Morgan fingerprint density at radius 1 is 1.20 bits per heavy atom. The molecule has 1 N–H and O–H groups in total. The molecule has 8 nitrogen and oxygen atoms in total. The van der Waals surface area contributed by atoms with Gasteiger partial charge in [0, 0.05) is 32.6 Å². The summed E-state index contributed by atoms with van der Waals surface area (Å²) in [5, 5.41) is 15.4. The van der Waals surface area contributed by atoms with E-state index in [1.165, 1.54) is 21.4 Å². The molecule has 4 rings (SSSR count). The number of aryl methyl sites for hydroxylation is 2. The van der Waals surface area contributed by atoms with E-state index in [0.717, 1.165) is 22.7 Å². The fourth-order valence-electron chi connectivity index (χ4n) is 3.77. The molecule has 0 bridgehead atoms. The summed E-state index contributed by atoms with van der Waals surface area (Å²) >= 11 is 1.47. The van der Waals surface area contributed by atoms with Gasteiger partial charge in [-0.05, 0) is 19.4 Å². The number of aromatic hydroxyl groups is 1. The van der Waals surface area contributed by atoms with E-state index in [0.29, 0.717) is 37.7 Å². The zero-order valence-corrected chi connectivity index (χ0v) is 18.4. The number of piperazine rings is 1. The van der Waals surface area contributed by atoms with Crippen LogP contribution < -0.4 is 0 Å². The predicted octanol–water partition coefficient (Wildman–Crippen LogP) is 3.23. The lowest BCUT2D eigenvalue weighted by Gasteiger charge is -2.38. The number of rotatable bonds is 5. The second-order valence-corrected chi connectivity index (χ2v) is 8.41. The normalized spacial score (nSPS) is 16.2. The van der Waals surface area contributed by atoms with Crippen LogP contribution in [0, 0.1) is 6.92 Å². The van der Waals surface area contributed by atoms with E-state index in [2.05, 4.69) is 46.2 Å². The number of benzene rings is 1. The molecule has 0 radical (unpaired) electrons. The van der Waals surface area contributed by atoms with Gasteiger partial charge in [0.15, 0.2) is 5.82 Å². The Hall–Kier alpha value is -2.65. The molecule has 160 valence electrons. The van der Waals surface area contributed by atoms with Gasteiger partial charge in [-0.1, -0.05) is 48.1 Å². The van der Waals surface area contributed by atoms with E-state index < -0.39 is 0 Å². The van der Waals surface area contributed by atoms with Crippen molar-refractivity contribution in [1.82, 2.24) is 24.4 Å². The van der Waals surface area contributed by atoms with E-state index in [-0.39, 0.29) is 18.0 Å². The molecule has 1 saturated heterocycles. The van der Waals surface area contributed by atoms with Crippen molar-refractivity contribution in [2.45, 2.75) is 33.2 Å². The smallest absolute Gasteiger partial charge is 0.409 e. The Labute approximate surface area is 179 Å². The van der Waals surface area contributed by atoms with Crippen molar-refractivity contribution in [1.29, 1.82) is 0 Å². The zero-order chi connectivity index (χ0) is 21.3. The average molecular weight is 430 g/mol. The lowest BCUT2D eigenvalue weighted by Crippen LogP contribution is -2.49. The molecule has 1 aromatic carbocycles. The van der Waals surface area contributed by atoms with Crippen LogP contribution in [0.15, 0.2) is 24.3 Å². The van der Waals surface area contributed by atoms with Gasteiger partial charge in [0.2, 0.25) is 10.8 Å². The summed E-state index contributed by atoms with van der Waals surface area (Å²) in [6.07, 6.45) is 0.457. The Balaban J connectivity index is 1.66. The molecule has 2 aromatic heterocycles. The van der Waals surface area contributed by atoms with Crippen LogP contribution in [0.2, 0.25) is 0 Å². The van der Waals surface area contributed by atoms with Crippen LogP contribution in [0.1, 0.15) is 41.7 Å². The molecule has 0 unspecified atom stereocenters. The summed E-state index contributed by atoms with van der Waals surface area (Å²) in [6.45, 7) is 8.79. The van der Waals surface area contributed by atoms with Gasteiger partial charge in [-0.15, -0.1) is 5.10 Å². The number of hydrogen-bond acceptors (Lipinski definition) is 7. The predicted molar refractivity (Wildman–Crippen MR) is 115 cm³/mol. The molecular weight excluding hydrogens is 402 g/mol. The van der Waals surface area contributed by atoms with E-state index in [1.807, 2.05) is 13.8 Å². The second-order valence-electron chi connectivity index (χ2n) is 7.40. The van der Waals surface area contributed by atoms with E-state index in [4.69, 9.17) is 4.74 Å². The minimum Gasteiger partial charge on any atom is -0.492 e. The third-order valence-electron chi connectivity index (χ3n) is 5.41. The first-order valence-corrected chi connectivity index (χ1v) is 11.1. The molecule has 1 aliphatic heterocycles. The van der Waals surface area contributed by atoms with E-state index in [9.17, 15) is 9.90 Å². The van der Waals surface area contributed by atoms with Crippen molar-refractivity contribution in [3.05, 3.63) is 46.1 Å². The number of carbonyl (C=O) groups excluding carboxylic acids is 1. The molecule has 1 atom stereocenters. The third-order valence-corrected chi connectivity index (χ3v) is 6.48. The molecule has 1 fully saturated rings. The summed E-state index contributed by atoms with van der Waals surface area (Å²) in [6, 6.07) is 8.24. The van der Waals surface area contributed by atoms with Crippen molar-refractivity contribution >= 4 is 22.4 Å². The van der Waals surface area contributed by atoms with Crippen LogP contribution >= 0.6 is 11.3 Å². The number of fused-ring (bicyclic) bond motifs is 1. The SMILES string of the molecule is CCOC(=O)N1CCN([C@H](c2ccc(C)cc2)c2sc3nc(CC)nn3c2O)CC1. The lowest BCUT2D eigenvalue weighted by atomic mass is 10.0. The molecule has 1 aliphatic rings. The van der Waals surface area contributed by atoms with Gasteiger partial charge in [-0.3, -0.25) is 4.90 Å². The van der Waals surface area contributed by atoms with Crippen molar-refractivity contribution in [2.24, 2.45) is 0 Å². The van der Waals surface area contributed by atoms with E-state index in [1.54, 1.807) is 4.90 Å². The largest absolute Gasteiger partial charge is 0.492 e. The number of thiazole rings is 1. The maximum Gasteiger partial charge on any atom is 0.409 e. The molecule has 9 heteroatoms. The highest BCUT2D eigenvalue weighted by Crippen LogP contribution is 2.40. The van der Waals surface area contributed by atoms with Crippen LogP contribution in [0.4, 0.5) is 4.79 Å². The Morgan fingerprint density at radius 3 is 2.50 bits per heavy atom. The average Bonchev–Trinajstić information content (AvgIpc) is 3.29. The number of ether oxygens (including phenoxy) is 1. The molecule has 3 heterocycles. The highest BCUT2D eigenvalue weighted by molar-refractivity contribution is 7.17. The first kappa shape index (κ1) is 20.6. The fourth-order valence-corrected chi connectivity index (χ4v) is 4.91. The van der Waals surface area contributed by atoms with Gasteiger partial charge in [-0.25, -0.2) is 9.78 Å². The highest BCUT2D eigenvalue weighted by Gasteiger charge is 2.32. The highest BCUT2D eigenvalue weighted by atomic mass is 32.1. The summed E-state index contributed by atoms with van der Waals surface area (Å²) < 4.78 is 6.68. The summed E-state index contributed by atoms with van der Waals surface area (Å²) in [4.78, 5) is 22.2. The number of carbonyl (C=O) groups is 1. The van der Waals surface area contributed by atoms with Gasteiger partial charge < -0.3 is 14.7 Å². The van der Waals surface area contributed by atoms with E-state index >= 15 is 0 Å². The second kappa shape index (κ2) is 8.61. The molecule has 30 heavy (non-hydrogen) atoms. The van der Waals surface area contributed by atoms with Gasteiger partial charge in [0.05, 0.1) is 17.5 Å².